The van der Waals surface area contributed by atoms with E-state index < -0.39 is 0 Å². The first kappa shape index (κ1) is 7.07. The monoisotopic (exact) mass is 157 g/mol. The van der Waals surface area contributed by atoms with Crippen molar-refractivity contribution in [3.8, 4) is 0 Å². The number of carbonyl (C=O) groups is 1. The zero-order valence-electron chi connectivity index (χ0n) is 6.19. The first-order valence-electron chi connectivity index (χ1n) is 3.40. The summed E-state index contributed by atoms with van der Waals surface area (Å²) in [6, 6.07) is 0. The molecule has 0 unspecified atom stereocenters. The van der Waals surface area contributed by atoms with Crippen molar-refractivity contribution in [2.45, 2.75) is 0 Å². The Morgan fingerprint density at radius 3 is 3.33 bits per heavy atom. The minimum absolute atomic E-state index is 0.241. The second-order valence-electron chi connectivity index (χ2n) is 2.44. The lowest BCUT2D eigenvalue weighted by molar-refractivity contribution is -0.120. The van der Waals surface area contributed by atoms with Gasteiger partial charge >= 0.3 is 0 Å². The fraction of sp³-hybridized carbons (Fsp3) is 0.143. The Balaban J connectivity index is 2.48. The Hall–Kier alpha value is -1.61. The lowest BCUT2D eigenvalue weighted by Crippen LogP contribution is -2.23. The predicted octanol–water partition coefficient (Wildman–Crippen LogP) is -0.566. The topological polar surface area (TPSA) is 45.0 Å². The van der Waals surface area contributed by atoms with E-state index in [1.165, 1.54) is 12.4 Å². The van der Waals surface area contributed by atoms with Gasteiger partial charge in [0.15, 0.2) is 0 Å². The van der Waals surface area contributed by atoms with Gasteiger partial charge in [-0.25, -0.2) is 4.99 Å². The van der Waals surface area contributed by atoms with Crippen molar-refractivity contribution in [1.29, 1.82) is 0 Å². The average Bonchev–Trinajstić information content (AvgIpc) is 2.30. The maximum Gasteiger partial charge on any atom is 0.244 e. The number of hydrogen-bond donors (Lipinski definition) is 0. The van der Waals surface area contributed by atoms with Crippen molar-refractivity contribution in [3.63, 3.8) is 0 Å². The molecule has 2 heterocycles. The van der Waals surface area contributed by atoms with Crippen LogP contribution in [0.25, 0.3) is 0 Å². The molecule has 4 nitrogen and oxygen atoms in total. The summed E-state index contributed by atoms with van der Waals surface area (Å²) >= 11 is 0. The summed E-state index contributed by atoms with van der Waals surface area (Å²) in [5.41, 5.74) is 1.08. The molecule has 0 bridgehead atoms. The predicted molar refractivity (Wildman–Crippen MR) is 45.0 cm³/mol. The molecule has 12 heavy (non-hydrogen) atoms. The maximum atomic E-state index is 11.2. The molecule has 0 spiro atoms. The van der Waals surface area contributed by atoms with Crippen LogP contribution in [0.15, 0.2) is 27.5 Å². The van der Waals surface area contributed by atoms with Crippen LogP contribution in [0.3, 0.4) is 0 Å². The quantitative estimate of drug-likeness (QED) is 0.434. The summed E-state index contributed by atoms with van der Waals surface area (Å²) < 4.78 is 0. The van der Waals surface area contributed by atoms with Crippen LogP contribution >= 0.6 is 0 Å². The van der Waals surface area contributed by atoms with Crippen molar-refractivity contribution in [2.24, 2.45) is 9.98 Å². The second-order valence-corrected chi connectivity index (χ2v) is 2.44. The van der Waals surface area contributed by atoms with Gasteiger partial charge in [0, 0.05) is 12.1 Å². The van der Waals surface area contributed by atoms with Gasteiger partial charge in [0.25, 0.3) is 0 Å². The summed E-state index contributed by atoms with van der Waals surface area (Å²) in [7, 11) is 5.37. The summed E-state index contributed by atoms with van der Waals surface area (Å²) in [4.78, 5) is 20.0. The van der Waals surface area contributed by atoms with E-state index in [0.717, 1.165) is 4.81 Å². The molecule has 0 aliphatic carbocycles. The minimum atomic E-state index is -0.241. The zero-order chi connectivity index (χ0) is 8.55. The third kappa shape index (κ3) is 0.915. The molecule has 0 fully saturated rings. The molecule has 2 aliphatic rings. The molecule has 0 aromatic rings. The number of hydrogen-bond acceptors (Lipinski definition) is 3. The van der Waals surface area contributed by atoms with E-state index in [2.05, 4.69) is 15.9 Å². The van der Waals surface area contributed by atoms with E-state index in [0.29, 0.717) is 17.8 Å². The highest BCUT2D eigenvalue weighted by Crippen LogP contribution is 2.16. The van der Waals surface area contributed by atoms with Crippen LogP contribution in [0.1, 0.15) is 0 Å². The second kappa shape index (κ2) is 2.46. The van der Waals surface area contributed by atoms with Gasteiger partial charge in [0.05, 0.1) is 24.0 Å². The third-order valence-electron chi connectivity index (χ3n) is 1.66. The van der Waals surface area contributed by atoms with Crippen molar-refractivity contribution in [2.75, 3.05) is 6.54 Å². The molecular formula is C7H4BN3O. The SMILES string of the molecule is [B]N1CC2=C(C=NC=C=N2)C1=O. The fourth-order valence-corrected chi connectivity index (χ4v) is 1.07. The van der Waals surface area contributed by atoms with Gasteiger partial charge in [0.1, 0.15) is 0 Å². The van der Waals surface area contributed by atoms with Gasteiger partial charge < -0.3 is 4.81 Å². The van der Waals surface area contributed by atoms with Crippen LogP contribution < -0.4 is 0 Å². The van der Waals surface area contributed by atoms with Crippen LogP contribution in [-0.2, 0) is 4.79 Å². The van der Waals surface area contributed by atoms with Gasteiger partial charge in [-0.15, -0.1) is 0 Å². The molecule has 2 aliphatic heterocycles. The van der Waals surface area contributed by atoms with Crippen molar-refractivity contribution in [3.05, 3.63) is 17.5 Å². The van der Waals surface area contributed by atoms with E-state index >= 15 is 0 Å². The Morgan fingerprint density at radius 1 is 1.67 bits per heavy atom. The molecule has 0 atom stereocenters. The summed E-state index contributed by atoms with van der Waals surface area (Å²) in [5.74, 6) is 2.33. The normalized spacial score (nSPS) is 20.3. The van der Waals surface area contributed by atoms with E-state index in [-0.39, 0.29) is 5.91 Å². The van der Waals surface area contributed by atoms with Crippen LogP contribution in [0, 0.1) is 0 Å². The molecule has 0 aromatic carbocycles. The number of nitrogens with zero attached hydrogens (tertiary/aromatic N) is 3. The first-order valence-corrected chi connectivity index (χ1v) is 3.40. The highest BCUT2D eigenvalue weighted by molar-refractivity contribution is 6.26. The van der Waals surface area contributed by atoms with Gasteiger partial charge in [-0.2, -0.15) is 0 Å². The molecular weight excluding hydrogens is 153 g/mol. The van der Waals surface area contributed by atoms with Gasteiger partial charge in [-0.3, -0.25) is 9.79 Å². The molecule has 1 amide bonds. The highest BCUT2D eigenvalue weighted by Gasteiger charge is 2.25. The van der Waals surface area contributed by atoms with Gasteiger partial charge in [-0.1, -0.05) is 0 Å². The summed E-state index contributed by atoms with van der Waals surface area (Å²) in [6.07, 6.45) is 2.86. The summed E-state index contributed by atoms with van der Waals surface area (Å²) in [6.45, 7) is 0.334. The minimum Gasteiger partial charge on any atom is -0.387 e. The van der Waals surface area contributed by atoms with E-state index in [1.807, 2.05) is 0 Å². The highest BCUT2D eigenvalue weighted by atomic mass is 16.2. The molecule has 2 radical (unpaired) electrons. The Bertz CT molecular complexity index is 363. The van der Waals surface area contributed by atoms with Crippen molar-refractivity contribution >= 4 is 26.0 Å². The zero-order valence-corrected chi connectivity index (χ0v) is 6.19. The molecule has 5 heteroatoms. The Kier molecular flexibility index (Phi) is 1.45. The van der Waals surface area contributed by atoms with Crippen molar-refractivity contribution < 1.29 is 4.79 Å². The first-order chi connectivity index (χ1) is 5.79. The lowest BCUT2D eigenvalue weighted by Gasteiger charge is -2.06. The Morgan fingerprint density at radius 2 is 2.50 bits per heavy atom. The van der Waals surface area contributed by atoms with Crippen LogP contribution in [0.5, 0.6) is 0 Å². The molecule has 56 valence electrons. The van der Waals surface area contributed by atoms with Crippen LogP contribution in [0.4, 0.5) is 0 Å². The van der Waals surface area contributed by atoms with Gasteiger partial charge in [-0.05, 0) is 0 Å². The summed E-state index contributed by atoms with van der Waals surface area (Å²) in [5, 5.41) is 0. The molecule has 0 aromatic heterocycles. The lowest BCUT2D eigenvalue weighted by atomic mass is 10.2. The van der Waals surface area contributed by atoms with E-state index in [9.17, 15) is 4.79 Å². The largest absolute Gasteiger partial charge is 0.387 e. The third-order valence-corrected chi connectivity index (χ3v) is 1.66. The fourth-order valence-electron chi connectivity index (χ4n) is 1.07. The van der Waals surface area contributed by atoms with Gasteiger partial charge in [0.2, 0.25) is 13.9 Å². The van der Waals surface area contributed by atoms with Crippen molar-refractivity contribution in [1.82, 2.24) is 4.81 Å². The maximum absolute atomic E-state index is 11.2. The standard InChI is InChI=1S/C7H4BN3O/c8-11-4-6-5(7(11)12)3-9-1-2-10-6/h1,3H,4H2. The molecule has 0 saturated heterocycles. The number of aliphatic imine (C=N–C) groups is 2. The molecule has 0 N–H and O–H groups in total. The number of amides is 1. The average molecular weight is 157 g/mol. The number of carbonyl (C=O) groups excluding carboxylic acids is 1. The van der Waals surface area contributed by atoms with Crippen LogP contribution in [-0.4, -0.2) is 37.3 Å². The Labute approximate surface area is 70.4 Å². The van der Waals surface area contributed by atoms with Crippen LogP contribution in [0.2, 0.25) is 0 Å². The molecule has 2 rings (SSSR count). The molecule has 0 saturated carbocycles. The smallest absolute Gasteiger partial charge is 0.244 e. The number of rotatable bonds is 0. The van der Waals surface area contributed by atoms with E-state index in [4.69, 9.17) is 7.98 Å². The van der Waals surface area contributed by atoms with E-state index in [1.54, 1.807) is 0 Å².